The summed E-state index contributed by atoms with van der Waals surface area (Å²) >= 11 is 8.82. The van der Waals surface area contributed by atoms with Gasteiger partial charge in [0.15, 0.2) is 0 Å². The fourth-order valence-corrected chi connectivity index (χ4v) is 1.05. The highest BCUT2D eigenvalue weighted by Gasteiger charge is 2.11. The summed E-state index contributed by atoms with van der Waals surface area (Å²) < 4.78 is 4.88. The first kappa shape index (κ1) is 12.2. The molecule has 1 rings (SSSR count). The molecule has 1 amide bonds. The third-order valence-electron chi connectivity index (χ3n) is 1.48. The molecule has 82 valence electrons. The molecule has 1 atom stereocenters. The zero-order chi connectivity index (χ0) is 11.4. The predicted octanol–water partition coefficient (Wildman–Crippen LogP) is 1.86. The normalized spacial score (nSPS) is 12.0. The number of anilines is 1. The average Bonchev–Trinajstić information content (AvgIpc) is 2.16. The first-order valence-electron chi connectivity index (χ1n) is 4.06. The molecule has 0 aliphatic carbocycles. The van der Waals surface area contributed by atoms with Crippen molar-refractivity contribution in [2.75, 3.05) is 12.4 Å². The number of halogens is 2. The van der Waals surface area contributed by atoms with Crippen LogP contribution >= 0.6 is 27.5 Å². The molecule has 7 heteroatoms. The van der Waals surface area contributed by atoms with E-state index in [2.05, 4.69) is 31.2 Å². The first-order chi connectivity index (χ1) is 7.02. The Hall–Kier alpha value is -0.880. The van der Waals surface area contributed by atoms with Gasteiger partial charge in [-0.1, -0.05) is 27.5 Å². The number of aromatic nitrogens is 2. The molecule has 1 aromatic heterocycles. The monoisotopic (exact) mass is 293 g/mol. The molecule has 0 spiro atoms. The summed E-state index contributed by atoms with van der Waals surface area (Å²) in [7, 11) is 1.46. The van der Waals surface area contributed by atoms with Crippen molar-refractivity contribution in [3.8, 4) is 5.88 Å². The molecule has 0 radical (unpaired) electrons. The summed E-state index contributed by atoms with van der Waals surface area (Å²) in [4.78, 5) is 18.7. The number of hydrogen-bond acceptors (Lipinski definition) is 4. The highest BCUT2D eigenvalue weighted by molar-refractivity contribution is 9.10. The molecular formula is C8H9BrClN3O2. The number of nitrogens with zero attached hydrogens (tertiary/aromatic N) is 2. The Morgan fingerprint density at radius 3 is 2.87 bits per heavy atom. The molecule has 1 heterocycles. The summed E-state index contributed by atoms with van der Waals surface area (Å²) in [5.41, 5.74) is 0. The van der Waals surface area contributed by atoms with Gasteiger partial charge < -0.3 is 4.74 Å². The smallest absolute Gasteiger partial charge is 0.240 e. The van der Waals surface area contributed by atoms with Crippen LogP contribution in [0, 0.1) is 0 Å². The molecule has 1 unspecified atom stereocenters. The van der Waals surface area contributed by atoms with E-state index in [1.54, 1.807) is 6.92 Å². The van der Waals surface area contributed by atoms with Gasteiger partial charge in [-0.05, 0) is 6.92 Å². The molecule has 0 bridgehead atoms. The van der Waals surface area contributed by atoms with E-state index in [1.165, 1.54) is 13.2 Å². The van der Waals surface area contributed by atoms with Crippen LogP contribution in [-0.4, -0.2) is 27.8 Å². The Morgan fingerprint density at radius 2 is 2.33 bits per heavy atom. The summed E-state index contributed by atoms with van der Waals surface area (Å²) in [5.74, 6) is 0.169. The van der Waals surface area contributed by atoms with Crippen LogP contribution in [0.15, 0.2) is 6.07 Å². The lowest BCUT2D eigenvalue weighted by Gasteiger charge is -2.06. The molecule has 5 nitrogen and oxygen atoms in total. The van der Waals surface area contributed by atoms with Crippen LogP contribution in [-0.2, 0) is 4.79 Å². The van der Waals surface area contributed by atoms with E-state index in [0.717, 1.165) is 0 Å². The zero-order valence-electron chi connectivity index (χ0n) is 8.12. The molecule has 1 N–H and O–H groups in total. The third kappa shape index (κ3) is 3.64. The van der Waals surface area contributed by atoms with Crippen molar-refractivity contribution < 1.29 is 9.53 Å². The van der Waals surface area contributed by atoms with E-state index in [0.29, 0.717) is 5.88 Å². The van der Waals surface area contributed by atoms with Crippen LogP contribution < -0.4 is 10.1 Å². The standard InChI is InChI=1S/C8H9BrClN3O2/c1-4(9)7(14)13-8-11-5(10)3-6(12-8)15-2/h3-4H,1-2H3,(H,11,12,13,14). The molecule has 15 heavy (non-hydrogen) atoms. The van der Waals surface area contributed by atoms with E-state index in [9.17, 15) is 4.79 Å². The van der Waals surface area contributed by atoms with Crippen molar-refractivity contribution in [2.24, 2.45) is 0 Å². The van der Waals surface area contributed by atoms with Gasteiger partial charge in [-0.2, -0.15) is 4.98 Å². The second-order valence-electron chi connectivity index (χ2n) is 2.66. The van der Waals surface area contributed by atoms with Crippen molar-refractivity contribution in [3.05, 3.63) is 11.2 Å². The lowest BCUT2D eigenvalue weighted by molar-refractivity contribution is -0.115. The van der Waals surface area contributed by atoms with Gasteiger partial charge in [0.25, 0.3) is 0 Å². The Kier molecular flexibility index (Phi) is 4.28. The lowest BCUT2D eigenvalue weighted by Crippen LogP contribution is -2.21. The maximum Gasteiger partial charge on any atom is 0.240 e. The second-order valence-corrected chi connectivity index (χ2v) is 4.42. The number of methoxy groups -OCH3 is 1. The van der Waals surface area contributed by atoms with Crippen LogP contribution in [0.1, 0.15) is 6.92 Å². The highest BCUT2D eigenvalue weighted by Crippen LogP contribution is 2.16. The maximum absolute atomic E-state index is 11.3. The Morgan fingerprint density at radius 1 is 1.67 bits per heavy atom. The van der Waals surface area contributed by atoms with Gasteiger partial charge in [0.2, 0.25) is 17.7 Å². The number of alkyl halides is 1. The summed E-state index contributed by atoms with van der Waals surface area (Å²) in [5, 5.41) is 2.69. The van der Waals surface area contributed by atoms with Crippen LogP contribution in [0.2, 0.25) is 5.15 Å². The minimum atomic E-state index is -0.328. The van der Waals surface area contributed by atoms with Crippen molar-refractivity contribution >= 4 is 39.4 Å². The van der Waals surface area contributed by atoms with E-state index >= 15 is 0 Å². The number of carbonyl (C=O) groups is 1. The fourth-order valence-electron chi connectivity index (χ4n) is 0.767. The quantitative estimate of drug-likeness (QED) is 0.683. The van der Waals surface area contributed by atoms with Gasteiger partial charge in [0, 0.05) is 6.07 Å². The number of amides is 1. The Labute approximate surface area is 100 Å². The van der Waals surface area contributed by atoms with Gasteiger partial charge in [0.05, 0.1) is 11.9 Å². The molecule has 0 aliphatic rings. The molecule has 0 fully saturated rings. The Balaban J connectivity index is 2.85. The molecule has 0 aliphatic heterocycles. The van der Waals surface area contributed by atoms with E-state index in [4.69, 9.17) is 16.3 Å². The molecular weight excluding hydrogens is 285 g/mol. The van der Waals surface area contributed by atoms with E-state index < -0.39 is 0 Å². The van der Waals surface area contributed by atoms with Crippen LogP contribution in [0.4, 0.5) is 5.95 Å². The average molecular weight is 295 g/mol. The zero-order valence-corrected chi connectivity index (χ0v) is 10.5. The summed E-state index contributed by atoms with van der Waals surface area (Å²) in [6.45, 7) is 1.69. The van der Waals surface area contributed by atoms with E-state index in [1.807, 2.05) is 0 Å². The number of carbonyl (C=O) groups excluding carboxylic acids is 1. The van der Waals surface area contributed by atoms with Crippen molar-refractivity contribution in [2.45, 2.75) is 11.8 Å². The first-order valence-corrected chi connectivity index (χ1v) is 5.36. The molecule has 0 saturated carbocycles. The van der Waals surface area contributed by atoms with Gasteiger partial charge >= 0.3 is 0 Å². The predicted molar refractivity (Wildman–Crippen MR) is 60.6 cm³/mol. The minimum Gasteiger partial charge on any atom is -0.481 e. The largest absolute Gasteiger partial charge is 0.481 e. The van der Waals surface area contributed by atoms with Crippen LogP contribution in [0.25, 0.3) is 0 Å². The van der Waals surface area contributed by atoms with E-state index in [-0.39, 0.29) is 21.8 Å². The molecule has 0 aromatic carbocycles. The van der Waals surface area contributed by atoms with Crippen LogP contribution in [0.3, 0.4) is 0 Å². The maximum atomic E-state index is 11.3. The minimum absolute atomic E-state index is 0.121. The number of nitrogens with one attached hydrogen (secondary N) is 1. The second kappa shape index (κ2) is 5.27. The number of rotatable bonds is 3. The SMILES string of the molecule is COc1cc(Cl)nc(NC(=O)C(C)Br)n1. The summed E-state index contributed by atoms with van der Waals surface area (Å²) in [6.07, 6.45) is 0. The van der Waals surface area contributed by atoms with Gasteiger partial charge in [-0.15, -0.1) is 0 Å². The number of ether oxygens (including phenoxy) is 1. The van der Waals surface area contributed by atoms with Crippen molar-refractivity contribution in [1.29, 1.82) is 0 Å². The van der Waals surface area contributed by atoms with Crippen molar-refractivity contribution in [3.63, 3.8) is 0 Å². The fraction of sp³-hybridized carbons (Fsp3) is 0.375. The van der Waals surface area contributed by atoms with Gasteiger partial charge in [0.1, 0.15) is 5.15 Å². The Bertz CT molecular complexity index is 373. The number of hydrogen-bond donors (Lipinski definition) is 1. The van der Waals surface area contributed by atoms with Crippen LogP contribution in [0.5, 0.6) is 5.88 Å². The van der Waals surface area contributed by atoms with Crippen molar-refractivity contribution in [1.82, 2.24) is 9.97 Å². The highest BCUT2D eigenvalue weighted by atomic mass is 79.9. The molecule has 1 aromatic rings. The third-order valence-corrected chi connectivity index (χ3v) is 2.09. The van der Waals surface area contributed by atoms with Gasteiger partial charge in [-0.3, -0.25) is 10.1 Å². The summed E-state index contributed by atoms with van der Waals surface area (Å²) in [6, 6.07) is 1.45. The topological polar surface area (TPSA) is 64.1 Å². The molecule has 0 saturated heterocycles. The van der Waals surface area contributed by atoms with Gasteiger partial charge in [-0.25, -0.2) is 4.98 Å². The lowest BCUT2D eigenvalue weighted by atomic mass is 10.4.